The van der Waals surface area contributed by atoms with Crippen LogP contribution < -0.4 is 19.7 Å². The van der Waals surface area contributed by atoms with E-state index in [0.717, 1.165) is 44.1 Å². The molecule has 1 saturated heterocycles. The number of rotatable bonds is 8. The van der Waals surface area contributed by atoms with Crippen molar-refractivity contribution >= 4 is 17.3 Å². The monoisotopic (exact) mass is 398 g/mol. The first-order valence-electron chi connectivity index (χ1n) is 10.1. The minimum absolute atomic E-state index is 0.184. The second kappa shape index (κ2) is 10.2. The van der Waals surface area contributed by atoms with Gasteiger partial charge >= 0.3 is 0 Å². The predicted molar refractivity (Wildman–Crippen MR) is 115 cm³/mol. The summed E-state index contributed by atoms with van der Waals surface area (Å²) in [5, 5.41) is 2.94. The maximum absolute atomic E-state index is 12.6. The van der Waals surface area contributed by atoms with Gasteiger partial charge in [0.05, 0.1) is 26.9 Å². The highest BCUT2D eigenvalue weighted by molar-refractivity contribution is 6.04. The molecular formula is C23H30N2O4. The Labute approximate surface area is 172 Å². The van der Waals surface area contributed by atoms with Gasteiger partial charge in [-0.1, -0.05) is 13.8 Å². The van der Waals surface area contributed by atoms with Gasteiger partial charge in [-0.25, -0.2) is 0 Å². The predicted octanol–water partition coefficient (Wildman–Crippen LogP) is 4.21. The van der Waals surface area contributed by atoms with Crippen LogP contribution in [0.1, 0.15) is 30.6 Å². The number of nitrogens with zero attached hydrogens (tertiary/aromatic N) is 1. The molecule has 1 fully saturated rings. The highest BCUT2D eigenvalue weighted by atomic mass is 16.5. The summed E-state index contributed by atoms with van der Waals surface area (Å²) in [6, 6.07) is 13.1. The number of nitrogens with one attached hydrogen (secondary N) is 1. The van der Waals surface area contributed by atoms with E-state index >= 15 is 0 Å². The van der Waals surface area contributed by atoms with Crippen molar-refractivity contribution < 1.29 is 19.0 Å². The summed E-state index contributed by atoms with van der Waals surface area (Å²) in [5.74, 6) is 1.60. The van der Waals surface area contributed by atoms with Crippen molar-refractivity contribution in [1.82, 2.24) is 0 Å². The van der Waals surface area contributed by atoms with E-state index in [2.05, 4.69) is 24.1 Å². The molecule has 0 spiro atoms. The van der Waals surface area contributed by atoms with E-state index < -0.39 is 0 Å². The van der Waals surface area contributed by atoms with Crippen LogP contribution in [0.5, 0.6) is 11.5 Å². The van der Waals surface area contributed by atoms with Gasteiger partial charge in [0.25, 0.3) is 5.91 Å². The third kappa shape index (κ3) is 5.87. The minimum atomic E-state index is -0.184. The van der Waals surface area contributed by atoms with E-state index in [1.807, 2.05) is 24.3 Å². The lowest BCUT2D eigenvalue weighted by molar-refractivity contribution is 0.102. The molecule has 1 aliphatic heterocycles. The zero-order valence-corrected chi connectivity index (χ0v) is 17.4. The molecule has 1 heterocycles. The number of ether oxygens (including phenoxy) is 3. The first kappa shape index (κ1) is 21.0. The Morgan fingerprint density at radius 3 is 2.48 bits per heavy atom. The fourth-order valence-corrected chi connectivity index (χ4v) is 3.11. The third-order valence-corrected chi connectivity index (χ3v) is 4.88. The topological polar surface area (TPSA) is 60.0 Å². The lowest BCUT2D eigenvalue weighted by atomic mass is 10.1. The Kier molecular flexibility index (Phi) is 7.36. The summed E-state index contributed by atoms with van der Waals surface area (Å²) in [4.78, 5) is 14.9. The molecule has 0 radical (unpaired) electrons. The van der Waals surface area contributed by atoms with Crippen LogP contribution >= 0.6 is 0 Å². The summed E-state index contributed by atoms with van der Waals surface area (Å²) in [6.07, 6.45) is 0.964. The maximum Gasteiger partial charge on any atom is 0.255 e. The van der Waals surface area contributed by atoms with E-state index in [4.69, 9.17) is 14.2 Å². The van der Waals surface area contributed by atoms with Crippen molar-refractivity contribution in [3.8, 4) is 11.5 Å². The van der Waals surface area contributed by atoms with Gasteiger partial charge in [-0.15, -0.1) is 0 Å². The molecule has 2 aromatic carbocycles. The van der Waals surface area contributed by atoms with Crippen molar-refractivity contribution in [3.63, 3.8) is 0 Å². The molecule has 1 aliphatic rings. The standard InChI is InChI=1S/C23H30N2O4/c1-17(2)10-13-29-21-9-4-18(16-22(21)27-3)23(26)24-19-5-7-20(8-6-19)25-11-14-28-15-12-25/h4-9,16-17H,10-15H2,1-3H3,(H,24,26). The Bertz CT molecular complexity index is 799. The van der Waals surface area contributed by atoms with Crippen LogP contribution in [0, 0.1) is 5.92 Å². The molecule has 1 amide bonds. The van der Waals surface area contributed by atoms with Crippen molar-refractivity contribution in [2.75, 3.05) is 50.2 Å². The molecule has 2 aromatic rings. The van der Waals surface area contributed by atoms with E-state index in [1.165, 1.54) is 0 Å². The molecule has 6 heteroatoms. The second-order valence-corrected chi connectivity index (χ2v) is 7.50. The number of morpholine rings is 1. The molecular weight excluding hydrogens is 368 g/mol. The van der Waals surface area contributed by atoms with E-state index in [0.29, 0.717) is 29.6 Å². The van der Waals surface area contributed by atoms with Crippen LogP contribution in [0.3, 0.4) is 0 Å². The number of methoxy groups -OCH3 is 1. The molecule has 156 valence electrons. The summed E-state index contributed by atoms with van der Waals surface area (Å²) in [5.41, 5.74) is 2.41. The van der Waals surface area contributed by atoms with Gasteiger partial charge in [-0.05, 0) is 54.8 Å². The van der Waals surface area contributed by atoms with Crippen molar-refractivity contribution in [1.29, 1.82) is 0 Å². The van der Waals surface area contributed by atoms with Crippen molar-refractivity contribution in [2.45, 2.75) is 20.3 Å². The number of hydrogen-bond acceptors (Lipinski definition) is 5. The Balaban J connectivity index is 1.62. The normalized spacial score (nSPS) is 14.0. The van der Waals surface area contributed by atoms with Crippen molar-refractivity contribution in [3.05, 3.63) is 48.0 Å². The molecule has 0 aliphatic carbocycles. The fraction of sp³-hybridized carbons (Fsp3) is 0.435. The van der Waals surface area contributed by atoms with Crippen LogP contribution in [-0.2, 0) is 4.74 Å². The molecule has 1 N–H and O–H groups in total. The van der Waals surface area contributed by atoms with Crippen LogP contribution in [0.15, 0.2) is 42.5 Å². The average molecular weight is 399 g/mol. The van der Waals surface area contributed by atoms with Gasteiger partial charge in [0.15, 0.2) is 11.5 Å². The van der Waals surface area contributed by atoms with Gasteiger partial charge in [0.2, 0.25) is 0 Å². The Hall–Kier alpha value is -2.73. The number of benzene rings is 2. The van der Waals surface area contributed by atoms with E-state index in [9.17, 15) is 4.79 Å². The van der Waals surface area contributed by atoms with Gasteiger partial charge in [0.1, 0.15) is 0 Å². The van der Waals surface area contributed by atoms with Gasteiger partial charge in [-0.2, -0.15) is 0 Å². The quantitative estimate of drug-likeness (QED) is 0.722. The molecule has 0 saturated carbocycles. The number of anilines is 2. The molecule has 0 unspecified atom stereocenters. The van der Waals surface area contributed by atoms with E-state index in [-0.39, 0.29) is 5.91 Å². The van der Waals surface area contributed by atoms with Crippen LogP contribution in [0.25, 0.3) is 0 Å². The molecule has 0 bridgehead atoms. The summed E-state index contributed by atoms with van der Waals surface area (Å²) < 4.78 is 16.6. The average Bonchev–Trinajstić information content (AvgIpc) is 2.74. The number of hydrogen-bond donors (Lipinski definition) is 1. The number of amides is 1. The van der Waals surface area contributed by atoms with Gasteiger partial charge in [0, 0.05) is 30.0 Å². The Morgan fingerprint density at radius 2 is 1.83 bits per heavy atom. The zero-order chi connectivity index (χ0) is 20.6. The van der Waals surface area contributed by atoms with Crippen molar-refractivity contribution in [2.24, 2.45) is 5.92 Å². The largest absolute Gasteiger partial charge is 0.493 e. The Morgan fingerprint density at radius 1 is 1.10 bits per heavy atom. The maximum atomic E-state index is 12.6. The number of carbonyl (C=O) groups excluding carboxylic acids is 1. The highest BCUT2D eigenvalue weighted by Gasteiger charge is 2.13. The smallest absolute Gasteiger partial charge is 0.255 e. The lowest BCUT2D eigenvalue weighted by Gasteiger charge is -2.28. The minimum Gasteiger partial charge on any atom is -0.493 e. The highest BCUT2D eigenvalue weighted by Crippen LogP contribution is 2.29. The van der Waals surface area contributed by atoms with E-state index in [1.54, 1.807) is 25.3 Å². The van der Waals surface area contributed by atoms with Crippen LogP contribution in [0.4, 0.5) is 11.4 Å². The lowest BCUT2D eigenvalue weighted by Crippen LogP contribution is -2.36. The first-order chi connectivity index (χ1) is 14.1. The second-order valence-electron chi connectivity index (χ2n) is 7.50. The first-order valence-corrected chi connectivity index (χ1v) is 10.1. The summed E-state index contributed by atoms with van der Waals surface area (Å²) in [6.45, 7) is 8.20. The van der Waals surface area contributed by atoms with Gasteiger partial charge < -0.3 is 24.4 Å². The molecule has 3 rings (SSSR count). The fourth-order valence-electron chi connectivity index (χ4n) is 3.11. The molecule has 0 atom stereocenters. The van der Waals surface area contributed by atoms with Crippen LogP contribution in [0.2, 0.25) is 0 Å². The zero-order valence-electron chi connectivity index (χ0n) is 17.4. The number of carbonyl (C=O) groups is 1. The summed E-state index contributed by atoms with van der Waals surface area (Å²) in [7, 11) is 1.58. The summed E-state index contributed by atoms with van der Waals surface area (Å²) >= 11 is 0. The van der Waals surface area contributed by atoms with Crippen LogP contribution in [-0.4, -0.2) is 45.9 Å². The molecule has 6 nitrogen and oxygen atoms in total. The molecule has 29 heavy (non-hydrogen) atoms. The van der Waals surface area contributed by atoms with Gasteiger partial charge in [-0.3, -0.25) is 4.79 Å². The SMILES string of the molecule is COc1cc(C(=O)Nc2ccc(N3CCOCC3)cc2)ccc1OCCC(C)C. The molecule has 0 aromatic heterocycles. The third-order valence-electron chi connectivity index (χ3n) is 4.88.